The van der Waals surface area contributed by atoms with Crippen LogP contribution in [0.5, 0.6) is 0 Å². The smallest absolute Gasteiger partial charge is 0.327 e. The number of piperazine rings is 1. The summed E-state index contributed by atoms with van der Waals surface area (Å²) in [5.41, 5.74) is 1.97. The second kappa shape index (κ2) is 5.16. The zero-order valence-corrected chi connectivity index (χ0v) is 11.3. The molecule has 4 nitrogen and oxygen atoms in total. The monoisotopic (exact) mass is 268 g/mol. The van der Waals surface area contributed by atoms with E-state index in [-0.39, 0.29) is 0 Å². The van der Waals surface area contributed by atoms with Gasteiger partial charge >= 0.3 is 5.97 Å². The highest BCUT2D eigenvalue weighted by atomic mass is 35.5. The molecule has 5 heteroatoms. The Labute approximate surface area is 112 Å². The van der Waals surface area contributed by atoms with Gasteiger partial charge in [0.15, 0.2) is 0 Å². The molecule has 18 heavy (non-hydrogen) atoms. The van der Waals surface area contributed by atoms with Crippen molar-refractivity contribution < 1.29 is 9.90 Å². The van der Waals surface area contributed by atoms with Crippen LogP contribution in [0.2, 0.25) is 5.02 Å². The van der Waals surface area contributed by atoms with Gasteiger partial charge in [0, 0.05) is 30.3 Å². The van der Waals surface area contributed by atoms with Crippen molar-refractivity contribution >= 4 is 23.3 Å². The van der Waals surface area contributed by atoms with Crippen LogP contribution in [-0.2, 0) is 4.79 Å². The van der Waals surface area contributed by atoms with Crippen LogP contribution >= 0.6 is 11.6 Å². The fraction of sp³-hybridized carbons (Fsp3) is 0.462. The van der Waals surface area contributed by atoms with E-state index in [0.717, 1.165) is 17.8 Å². The van der Waals surface area contributed by atoms with E-state index in [4.69, 9.17) is 11.6 Å². The molecule has 0 aromatic heterocycles. The van der Waals surface area contributed by atoms with Crippen molar-refractivity contribution in [3.05, 3.63) is 28.8 Å². The van der Waals surface area contributed by atoms with E-state index in [0.29, 0.717) is 18.1 Å². The Balaban J connectivity index is 2.35. The first-order chi connectivity index (χ1) is 8.49. The summed E-state index contributed by atoms with van der Waals surface area (Å²) in [5.74, 6) is -0.791. The molecule has 0 spiro atoms. The van der Waals surface area contributed by atoms with E-state index in [2.05, 4.69) is 0 Å². The molecular weight excluding hydrogens is 252 g/mol. The fourth-order valence-electron chi connectivity index (χ4n) is 2.31. The molecule has 1 fully saturated rings. The quantitative estimate of drug-likeness (QED) is 0.889. The molecule has 1 atom stereocenters. The number of hydrogen-bond donors (Lipinski definition) is 1. The Morgan fingerprint density at radius 2 is 2.17 bits per heavy atom. The number of aryl methyl sites for hydroxylation is 1. The van der Waals surface area contributed by atoms with E-state index in [9.17, 15) is 9.90 Å². The zero-order valence-electron chi connectivity index (χ0n) is 10.6. The summed E-state index contributed by atoms with van der Waals surface area (Å²) in [5, 5.41) is 9.98. The average molecular weight is 269 g/mol. The van der Waals surface area contributed by atoms with Gasteiger partial charge < -0.3 is 14.9 Å². The molecule has 1 aromatic rings. The molecular formula is C13H17ClN2O2. The number of carbonyl (C=O) groups is 1. The van der Waals surface area contributed by atoms with E-state index < -0.39 is 12.0 Å². The third-order valence-electron chi connectivity index (χ3n) is 3.35. The summed E-state index contributed by atoms with van der Waals surface area (Å²) in [7, 11) is 1.94. The summed E-state index contributed by atoms with van der Waals surface area (Å²) in [6.07, 6.45) is 0. The number of likely N-dealkylation sites (N-methyl/N-ethyl adjacent to an activating group) is 1. The van der Waals surface area contributed by atoms with Gasteiger partial charge in [-0.1, -0.05) is 17.7 Å². The van der Waals surface area contributed by atoms with Crippen LogP contribution < -0.4 is 4.90 Å². The lowest BCUT2D eigenvalue weighted by Crippen LogP contribution is -2.55. The van der Waals surface area contributed by atoms with Gasteiger partial charge in [0.25, 0.3) is 0 Å². The predicted octanol–water partition coefficient (Wildman–Crippen LogP) is 1.85. The van der Waals surface area contributed by atoms with Crippen LogP contribution in [-0.4, -0.2) is 48.7 Å². The van der Waals surface area contributed by atoms with Gasteiger partial charge in [-0.15, -0.1) is 0 Å². The maximum atomic E-state index is 11.4. The Morgan fingerprint density at radius 1 is 1.44 bits per heavy atom. The number of aliphatic carboxylic acids is 1. The van der Waals surface area contributed by atoms with Crippen LogP contribution in [0.3, 0.4) is 0 Å². The lowest BCUT2D eigenvalue weighted by atomic mass is 10.1. The maximum absolute atomic E-state index is 11.4. The zero-order chi connectivity index (χ0) is 13.3. The van der Waals surface area contributed by atoms with Crippen LogP contribution in [0, 0.1) is 6.92 Å². The lowest BCUT2D eigenvalue weighted by molar-refractivity contribution is -0.139. The van der Waals surface area contributed by atoms with Crippen LogP contribution in [0.4, 0.5) is 5.69 Å². The molecule has 0 amide bonds. The molecule has 1 unspecified atom stereocenters. The second-order valence-corrected chi connectivity index (χ2v) is 5.18. The van der Waals surface area contributed by atoms with Gasteiger partial charge in [-0.2, -0.15) is 0 Å². The Kier molecular flexibility index (Phi) is 3.78. The molecule has 1 saturated heterocycles. The Hall–Kier alpha value is -1.26. The van der Waals surface area contributed by atoms with Gasteiger partial charge in [0.05, 0.1) is 0 Å². The number of halogens is 1. The summed E-state index contributed by atoms with van der Waals surface area (Å²) >= 11 is 6.01. The Bertz CT molecular complexity index is 464. The minimum absolute atomic E-state index is 0.513. The molecule has 2 rings (SSSR count). The molecule has 1 heterocycles. The molecule has 0 radical (unpaired) electrons. The van der Waals surface area contributed by atoms with Crippen LogP contribution in [0.1, 0.15) is 5.56 Å². The number of carboxylic acid groups (broad SMARTS) is 1. The number of nitrogens with zero attached hydrogens (tertiary/aromatic N) is 2. The van der Waals surface area contributed by atoms with Crippen molar-refractivity contribution in [2.24, 2.45) is 0 Å². The molecule has 1 aliphatic rings. The number of rotatable bonds is 2. The molecule has 0 saturated carbocycles. The Morgan fingerprint density at radius 3 is 2.83 bits per heavy atom. The minimum atomic E-state index is -0.791. The van der Waals surface area contributed by atoms with Crippen LogP contribution in [0.25, 0.3) is 0 Å². The summed E-state index contributed by atoms with van der Waals surface area (Å²) in [6.45, 7) is 4.06. The van der Waals surface area contributed by atoms with Crippen molar-refractivity contribution in [3.8, 4) is 0 Å². The number of carboxylic acids is 1. The first-order valence-electron chi connectivity index (χ1n) is 5.93. The van der Waals surface area contributed by atoms with Gasteiger partial charge in [-0.05, 0) is 31.7 Å². The van der Waals surface area contributed by atoms with E-state index >= 15 is 0 Å². The SMILES string of the molecule is Cc1ccc(Cl)cc1N1CCN(C)CC1C(=O)O. The molecule has 1 N–H and O–H groups in total. The maximum Gasteiger partial charge on any atom is 0.327 e. The predicted molar refractivity (Wildman–Crippen MR) is 72.5 cm³/mol. The average Bonchev–Trinajstić information content (AvgIpc) is 2.32. The largest absolute Gasteiger partial charge is 0.480 e. The third-order valence-corrected chi connectivity index (χ3v) is 3.58. The highest BCUT2D eigenvalue weighted by molar-refractivity contribution is 6.30. The van der Waals surface area contributed by atoms with Crippen molar-refractivity contribution in [2.45, 2.75) is 13.0 Å². The number of anilines is 1. The number of benzene rings is 1. The van der Waals surface area contributed by atoms with Gasteiger partial charge in [0.1, 0.15) is 6.04 Å². The summed E-state index contributed by atoms with van der Waals surface area (Å²) in [4.78, 5) is 15.3. The first-order valence-corrected chi connectivity index (χ1v) is 6.31. The first kappa shape index (κ1) is 13.2. The molecule has 0 aliphatic carbocycles. The van der Waals surface area contributed by atoms with E-state index in [1.54, 1.807) is 0 Å². The summed E-state index contributed by atoms with van der Waals surface area (Å²) < 4.78 is 0. The van der Waals surface area contributed by atoms with Crippen molar-refractivity contribution in [3.63, 3.8) is 0 Å². The second-order valence-electron chi connectivity index (χ2n) is 4.74. The van der Waals surface area contributed by atoms with Gasteiger partial charge in [-0.3, -0.25) is 0 Å². The standard InChI is InChI=1S/C13H17ClN2O2/c1-9-3-4-10(14)7-11(9)16-6-5-15(2)8-12(16)13(17)18/h3-4,7,12H,5-6,8H2,1-2H3,(H,17,18). The van der Waals surface area contributed by atoms with Gasteiger partial charge in [0.2, 0.25) is 0 Å². The highest BCUT2D eigenvalue weighted by Crippen LogP contribution is 2.27. The van der Waals surface area contributed by atoms with Gasteiger partial charge in [-0.25, -0.2) is 4.79 Å². The minimum Gasteiger partial charge on any atom is -0.480 e. The topological polar surface area (TPSA) is 43.8 Å². The van der Waals surface area contributed by atoms with Crippen LogP contribution in [0.15, 0.2) is 18.2 Å². The molecule has 98 valence electrons. The van der Waals surface area contributed by atoms with Crippen molar-refractivity contribution in [2.75, 3.05) is 31.6 Å². The fourth-order valence-corrected chi connectivity index (χ4v) is 2.48. The van der Waals surface area contributed by atoms with Crippen molar-refractivity contribution in [1.82, 2.24) is 4.90 Å². The lowest BCUT2D eigenvalue weighted by Gasteiger charge is -2.39. The summed E-state index contributed by atoms with van der Waals surface area (Å²) in [6, 6.07) is 5.08. The van der Waals surface area contributed by atoms with E-state index in [1.807, 2.05) is 42.0 Å². The van der Waals surface area contributed by atoms with Crippen molar-refractivity contribution in [1.29, 1.82) is 0 Å². The highest BCUT2D eigenvalue weighted by Gasteiger charge is 2.31. The third kappa shape index (κ3) is 2.60. The molecule has 0 bridgehead atoms. The molecule has 1 aromatic carbocycles. The van der Waals surface area contributed by atoms with E-state index in [1.165, 1.54) is 0 Å². The normalized spacial score (nSPS) is 21.1. The number of hydrogen-bond acceptors (Lipinski definition) is 3. The molecule has 1 aliphatic heterocycles.